The maximum Gasteiger partial charge on any atom is 0.335 e. The number of rotatable bonds is 50. The van der Waals surface area contributed by atoms with Gasteiger partial charge in [0.1, 0.15) is 220 Å². The fourth-order valence-electron chi connectivity index (χ4n) is 17.8. The number of benzene rings is 2. The number of carboxylic acids is 1. The first-order valence-electron chi connectivity index (χ1n) is 47.9. The fraction of sp³-hybridized carbons (Fsp3) is 0.784. The van der Waals surface area contributed by atoms with Crippen LogP contribution in [0.4, 0.5) is 0 Å². The van der Waals surface area contributed by atoms with Gasteiger partial charge in [-0.15, -0.1) is 0 Å². The first kappa shape index (κ1) is 123. The van der Waals surface area contributed by atoms with E-state index in [1.807, 2.05) is 0 Å². The summed E-state index contributed by atoms with van der Waals surface area (Å²) in [5, 5.41) is 315. The van der Waals surface area contributed by atoms with Crippen molar-refractivity contribution in [3.8, 4) is 28.4 Å². The molecule has 9 saturated heterocycles. The minimum atomic E-state index is -2.13. The van der Waals surface area contributed by atoms with Crippen molar-refractivity contribution in [2.24, 2.45) is 0 Å². The second-order valence-corrected chi connectivity index (χ2v) is 36.4. The van der Waals surface area contributed by atoms with Gasteiger partial charge in [0, 0.05) is 40.4 Å². The number of hydrogen-bond donors (Lipinski definition) is 34. The van der Waals surface area contributed by atoms with E-state index in [1.54, 1.807) is 0 Å². The van der Waals surface area contributed by atoms with Gasteiger partial charge in [0.25, 0.3) is 17.7 Å². The Labute approximate surface area is 851 Å². The van der Waals surface area contributed by atoms with Gasteiger partial charge in [-0.1, -0.05) is 12.1 Å². The van der Waals surface area contributed by atoms with Gasteiger partial charge in [-0.3, -0.25) is 28.8 Å². The van der Waals surface area contributed by atoms with Crippen molar-refractivity contribution in [3.05, 3.63) is 42.0 Å². The van der Waals surface area contributed by atoms with Crippen molar-refractivity contribution in [2.45, 2.75) is 316 Å². The van der Waals surface area contributed by atoms with Crippen LogP contribution in [0.15, 0.2) is 36.4 Å². The molecule has 62 nitrogen and oxygen atoms in total. The van der Waals surface area contributed by atoms with Crippen molar-refractivity contribution in [2.75, 3.05) is 119 Å². The summed E-state index contributed by atoms with van der Waals surface area (Å²) in [5.41, 5.74) is -0.0228. The standard InChI is InChI=1S/C88H136N6O56/c1-31(104)92-51-60(116)73(145-86-69(125)76(57(113)42(22-98)139-86)148-83-66(122)63(119)54(110)39(19-95)136-83)45(25-101)142-80(51)130-13-5-10-89-48(107)28-133-37-17-36(34-8-4-9-35(16-34)79(128)129)18-38(134-29-49(108)90-11-6-14-131-81-52(93-32(2)105)61(117)74(46(26-102)143-81)146-87-70(126)77(58(114)43(23-99)140-87)149-84-67(123)64(120)55(111)40(20-96)137-84)72(37)135-30-50(109)91-12-7-15-132-82-53(94-33(3)106)62(118)75(47(27-103)144-82)147-88-71(127)78(59(115)44(24-100)141-88)150-85-68(124)65(121)56(112)41(21-97)138-85/h4,8-9,16-18,39-47,51-71,73-78,80-88,95-103,110-127H,5-7,10-15,19-30H2,1-3H3,(H,89,107)(H,90,108)(H,91,109)(H,92,104)(H,93,105)(H,94,106)(H,128,129)/t39-,40-,41-,42-,43-,44-,45-,46-,47-,51-,52-,53-,54+,55+,56+,57+,58+,59+,60-,61-,62-,63+,64+,65+,66-,67-,68-,69-,70-,71-,73-,74-,75-,76+,77+,78+,80-,81-,82-,83-,84-,85-,86+,87+,88+/m1/s1. The van der Waals surface area contributed by atoms with Gasteiger partial charge in [-0.2, -0.15) is 0 Å². The zero-order valence-corrected chi connectivity index (χ0v) is 80.7. The van der Waals surface area contributed by atoms with E-state index in [0.717, 1.165) is 20.8 Å². The van der Waals surface area contributed by atoms with Crippen molar-refractivity contribution in [1.82, 2.24) is 31.9 Å². The largest absolute Gasteiger partial charge is 0.480 e. The molecule has 34 N–H and O–H groups in total. The van der Waals surface area contributed by atoms with Gasteiger partial charge >= 0.3 is 5.97 Å². The molecule has 9 fully saturated rings. The minimum Gasteiger partial charge on any atom is -0.480 e. The van der Waals surface area contributed by atoms with E-state index in [1.165, 1.54) is 36.4 Å². The van der Waals surface area contributed by atoms with Crippen LogP contribution in [0.5, 0.6) is 17.2 Å². The van der Waals surface area contributed by atoms with Gasteiger partial charge in [-0.05, 0) is 54.7 Å². The third-order valence-electron chi connectivity index (χ3n) is 25.7. The Morgan fingerprint density at radius 2 is 0.533 bits per heavy atom. The number of ether oxygens (including phenoxy) is 21. The molecule has 150 heavy (non-hydrogen) atoms. The summed E-state index contributed by atoms with van der Waals surface area (Å²) in [5.74, 6) is -7.68. The number of nitrogens with one attached hydrogen (secondary N) is 6. The van der Waals surface area contributed by atoms with Crippen LogP contribution in [0, 0.1) is 0 Å². The fourth-order valence-corrected chi connectivity index (χ4v) is 17.8. The second-order valence-electron chi connectivity index (χ2n) is 36.4. The highest BCUT2D eigenvalue weighted by Crippen LogP contribution is 2.44. The summed E-state index contributed by atoms with van der Waals surface area (Å²) >= 11 is 0. The van der Waals surface area contributed by atoms with Crippen LogP contribution >= 0.6 is 0 Å². The molecule has 0 saturated carbocycles. The van der Waals surface area contributed by atoms with Crippen molar-refractivity contribution in [1.29, 1.82) is 0 Å². The molecular weight excluding hydrogens is 2040 g/mol. The Kier molecular flexibility index (Phi) is 46.8. The maximum absolute atomic E-state index is 14.0. The Morgan fingerprint density at radius 3 is 0.800 bits per heavy atom. The Morgan fingerprint density at radius 1 is 0.280 bits per heavy atom. The molecule has 0 aromatic heterocycles. The highest BCUT2D eigenvalue weighted by molar-refractivity contribution is 5.90. The zero-order valence-electron chi connectivity index (χ0n) is 80.7. The van der Waals surface area contributed by atoms with E-state index in [0.29, 0.717) is 0 Å². The molecule has 45 atom stereocenters. The smallest absolute Gasteiger partial charge is 0.335 e. The molecule has 0 spiro atoms. The van der Waals surface area contributed by atoms with E-state index in [-0.39, 0.29) is 75.4 Å². The molecule has 6 amide bonds. The number of hydrogen-bond acceptors (Lipinski definition) is 55. The van der Waals surface area contributed by atoms with Crippen LogP contribution in [0.2, 0.25) is 0 Å². The summed E-state index contributed by atoms with van der Waals surface area (Å²) in [6.07, 6.45) is -77.9. The van der Waals surface area contributed by atoms with Crippen LogP contribution < -0.4 is 46.1 Å². The molecule has 0 bridgehead atoms. The number of carbonyl (C=O) groups excluding carboxylic acids is 6. The number of amides is 6. The summed E-state index contributed by atoms with van der Waals surface area (Å²) in [4.78, 5) is 92.4. The van der Waals surface area contributed by atoms with E-state index < -0.39 is 414 Å². The first-order valence-corrected chi connectivity index (χ1v) is 47.9. The van der Waals surface area contributed by atoms with Gasteiger partial charge in [-0.25, -0.2) is 4.79 Å². The lowest BCUT2D eigenvalue weighted by atomic mass is 9.95. The molecule has 9 aliphatic rings. The average Bonchev–Trinajstić information content (AvgIpc) is 0.773. The van der Waals surface area contributed by atoms with Crippen LogP contribution in [-0.4, -0.2) is 579 Å². The van der Waals surface area contributed by atoms with Crippen LogP contribution in [0.3, 0.4) is 0 Å². The summed E-state index contributed by atoms with van der Waals surface area (Å²) in [6.45, 7) is -9.99. The zero-order chi connectivity index (χ0) is 110. The normalized spacial score (nSPS) is 39.3. The number of aliphatic hydroxyl groups is 27. The second kappa shape index (κ2) is 57.3. The number of aromatic carboxylic acids is 1. The Bertz CT molecular complexity index is 4380. The molecule has 2 aromatic rings. The lowest BCUT2D eigenvalue weighted by Gasteiger charge is -2.48. The first-order chi connectivity index (χ1) is 71.5. The maximum atomic E-state index is 14.0. The number of carbonyl (C=O) groups is 7. The molecule has 9 aliphatic heterocycles. The number of carboxylic acid groups (broad SMARTS) is 1. The monoisotopic (exact) mass is 2170 g/mol. The molecular formula is C88H136N6O56. The van der Waals surface area contributed by atoms with Gasteiger partial charge in [0.05, 0.1) is 84.8 Å². The molecule has 2 aromatic carbocycles. The van der Waals surface area contributed by atoms with E-state index >= 15 is 0 Å². The molecule has 0 unspecified atom stereocenters. The van der Waals surface area contributed by atoms with E-state index in [4.69, 9.17) is 99.5 Å². The van der Waals surface area contributed by atoms with E-state index in [2.05, 4.69) is 31.9 Å². The van der Waals surface area contributed by atoms with Crippen LogP contribution in [-0.2, 0) is 114 Å². The summed E-state index contributed by atoms with van der Waals surface area (Å²) in [7, 11) is 0. The third kappa shape index (κ3) is 30.4. The molecule has 0 radical (unpaired) electrons. The Balaban J connectivity index is 0.753. The van der Waals surface area contributed by atoms with Crippen LogP contribution in [0.25, 0.3) is 11.1 Å². The molecule has 11 rings (SSSR count). The lowest BCUT2D eigenvalue weighted by Crippen LogP contribution is -2.68. The highest BCUT2D eigenvalue weighted by atomic mass is 16.8. The predicted octanol–water partition coefficient (Wildman–Crippen LogP) is -19.5. The lowest BCUT2D eigenvalue weighted by molar-refractivity contribution is -0.376. The minimum absolute atomic E-state index is 0.0682. The highest BCUT2D eigenvalue weighted by Gasteiger charge is 2.60. The predicted molar refractivity (Wildman–Crippen MR) is 478 cm³/mol. The van der Waals surface area contributed by atoms with Crippen molar-refractivity contribution in [3.63, 3.8) is 0 Å². The molecule has 854 valence electrons. The topological polar surface area (TPSA) is 952 Å². The van der Waals surface area contributed by atoms with Crippen LogP contribution in [0.1, 0.15) is 50.4 Å². The van der Waals surface area contributed by atoms with Gasteiger partial charge < -0.3 is 274 Å². The number of aliphatic hydroxyl groups excluding tert-OH is 27. The Hall–Kier alpha value is -7.67. The van der Waals surface area contributed by atoms with E-state index in [9.17, 15) is 177 Å². The molecule has 62 heteroatoms. The quantitative estimate of drug-likeness (QED) is 0.0274. The molecule has 9 heterocycles. The van der Waals surface area contributed by atoms with Gasteiger partial charge in [0.2, 0.25) is 23.5 Å². The summed E-state index contributed by atoms with van der Waals surface area (Å²) in [6, 6.07) is 3.10. The van der Waals surface area contributed by atoms with Crippen molar-refractivity contribution >= 4 is 41.4 Å². The average molecular weight is 2170 g/mol. The van der Waals surface area contributed by atoms with Gasteiger partial charge in [0.15, 0.2) is 87.9 Å². The summed E-state index contributed by atoms with van der Waals surface area (Å²) < 4.78 is 122. The third-order valence-corrected chi connectivity index (χ3v) is 25.7. The molecule has 0 aliphatic carbocycles. The SMILES string of the molecule is CC(=O)N[C@H]1[C@H](OCCCNC(=O)COc2cc(-c3cccc(C(=O)O)c3)cc(OCC(=O)NCCCO[C@@H]3O[C@H](CO)[C@@H](O[C@@H]4O[C@H](CO)[C@H](O)[C@H](O[C@H]5O[C@H](CO)[C@H](O)[C@H](O)[C@H]5O)[C@H]4O)[C@H](O)[C@H]3NC(C)=O)c2OCC(=O)NCCCO[C@@H]2O[C@H](CO)[C@@H](O[C@@H]3O[C@H](CO)[C@H](O)[C@H](O[C@H]4O[C@H](CO)[C@H](O)[C@H](O)[C@H]4O)[C@H]3O)[C@H](O)[C@H]2NC(C)=O)O[C@H](CO)[C@@H](O[C@@H]2O[C@H](CO)[C@H](O)[C@H](O[C@H]3O[C@H](CO)[C@H](O)[C@H](O)[C@H]3O)[C@H]2O)[C@@H]1O. The van der Waals surface area contributed by atoms with Crippen molar-refractivity contribution < 1.29 is 276 Å².